The predicted octanol–water partition coefficient (Wildman–Crippen LogP) is 2.27. The molecule has 2 heterocycles. The van der Waals surface area contributed by atoms with Gasteiger partial charge in [0.2, 0.25) is 5.91 Å². The molecule has 0 saturated heterocycles. The molecule has 1 aromatic carbocycles. The highest BCUT2D eigenvalue weighted by atomic mass is 32.2. The number of carbonyl (C=O) groups is 1. The van der Waals surface area contributed by atoms with Crippen molar-refractivity contribution in [3.05, 3.63) is 51.9 Å². The Labute approximate surface area is 155 Å². The molecule has 1 amide bonds. The number of rotatable bonds is 6. The van der Waals surface area contributed by atoms with E-state index in [1.807, 2.05) is 30.3 Å². The maximum absolute atomic E-state index is 12.4. The summed E-state index contributed by atoms with van der Waals surface area (Å²) in [6.45, 7) is 2.70. The van der Waals surface area contributed by atoms with E-state index in [4.69, 9.17) is 0 Å². The second kappa shape index (κ2) is 8.10. The summed E-state index contributed by atoms with van der Waals surface area (Å²) in [6.07, 6.45) is 1.62. The highest BCUT2D eigenvalue weighted by Crippen LogP contribution is 2.33. The molecule has 1 atom stereocenters. The van der Waals surface area contributed by atoms with Crippen molar-refractivity contribution in [1.29, 1.82) is 0 Å². The Morgan fingerprint density at radius 1 is 1.40 bits per heavy atom. The number of aromatic nitrogens is 2. The summed E-state index contributed by atoms with van der Waals surface area (Å²) in [4.78, 5) is 29.8. The van der Waals surface area contributed by atoms with Crippen LogP contribution in [0.1, 0.15) is 18.2 Å². The van der Waals surface area contributed by atoms with Crippen LogP contribution in [-0.4, -0.2) is 33.0 Å². The van der Waals surface area contributed by atoms with Crippen LogP contribution in [0.25, 0.3) is 0 Å². The Morgan fingerprint density at radius 2 is 2.16 bits per heavy atom. The Morgan fingerprint density at radius 3 is 2.92 bits per heavy atom. The third-order valence-electron chi connectivity index (χ3n) is 3.99. The average molecular weight is 376 g/mol. The van der Waals surface area contributed by atoms with Gasteiger partial charge in [0.05, 0.1) is 16.3 Å². The number of hydrogen-bond donors (Lipinski definition) is 1. The molecule has 0 saturated carbocycles. The highest BCUT2D eigenvalue weighted by Gasteiger charge is 2.25. The van der Waals surface area contributed by atoms with Crippen LogP contribution in [0.5, 0.6) is 0 Å². The topological polar surface area (TPSA) is 64.0 Å². The molecule has 1 aliphatic rings. The van der Waals surface area contributed by atoms with Gasteiger partial charge in [-0.1, -0.05) is 49.0 Å². The van der Waals surface area contributed by atoms with E-state index in [1.54, 1.807) is 23.4 Å². The molecule has 7 heteroatoms. The second-order valence-corrected chi connectivity index (χ2v) is 8.43. The predicted molar refractivity (Wildman–Crippen MR) is 102 cm³/mol. The van der Waals surface area contributed by atoms with E-state index in [-0.39, 0.29) is 17.2 Å². The molecular formula is C18H21N3O2S2. The van der Waals surface area contributed by atoms with Crippen LogP contribution in [0.15, 0.2) is 45.2 Å². The van der Waals surface area contributed by atoms with Crippen LogP contribution in [0.2, 0.25) is 0 Å². The van der Waals surface area contributed by atoms with Crippen LogP contribution in [-0.2, 0) is 24.7 Å². The van der Waals surface area contributed by atoms with Crippen LogP contribution in [0.4, 0.5) is 0 Å². The number of nitrogens with one attached hydrogen (secondary N) is 1. The fourth-order valence-corrected chi connectivity index (χ4v) is 4.64. The molecule has 0 unspecified atom stereocenters. The molecule has 1 N–H and O–H groups in total. The molecule has 2 aromatic rings. The zero-order chi connectivity index (χ0) is 17.8. The number of fused-ring (bicyclic) bond motifs is 1. The highest BCUT2D eigenvalue weighted by molar-refractivity contribution is 8.00. The maximum Gasteiger partial charge on any atom is 0.267 e. The molecule has 0 spiro atoms. The Hall–Kier alpha value is -1.73. The van der Waals surface area contributed by atoms with Gasteiger partial charge >= 0.3 is 0 Å². The van der Waals surface area contributed by atoms with E-state index < -0.39 is 0 Å². The molecule has 132 valence electrons. The third-order valence-corrected chi connectivity index (χ3v) is 6.23. The van der Waals surface area contributed by atoms with Gasteiger partial charge in [-0.25, -0.2) is 4.98 Å². The van der Waals surface area contributed by atoms with Crippen molar-refractivity contribution in [2.45, 2.75) is 35.1 Å². The molecule has 25 heavy (non-hydrogen) atoms. The number of nitrogens with zero attached hydrogens (tertiary/aromatic N) is 2. The van der Waals surface area contributed by atoms with Crippen molar-refractivity contribution < 1.29 is 4.79 Å². The van der Waals surface area contributed by atoms with E-state index in [2.05, 4.69) is 17.2 Å². The summed E-state index contributed by atoms with van der Waals surface area (Å²) in [5.74, 6) is 0.217. The summed E-state index contributed by atoms with van der Waals surface area (Å²) in [5.41, 5.74) is 2.06. The first kappa shape index (κ1) is 18.1. The molecule has 1 aromatic heterocycles. The lowest BCUT2D eigenvalue weighted by Gasteiger charge is -2.09. The number of amides is 1. The van der Waals surface area contributed by atoms with Gasteiger partial charge in [0.15, 0.2) is 5.16 Å². The Bertz CT molecular complexity index is 821. The van der Waals surface area contributed by atoms with Gasteiger partial charge in [-0.2, -0.15) is 0 Å². The molecule has 0 aliphatic carbocycles. The summed E-state index contributed by atoms with van der Waals surface area (Å²) in [6, 6.07) is 10.1. The normalized spacial score (nSPS) is 15.8. The molecule has 0 radical (unpaired) electrons. The molecular weight excluding hydrogens is 354 g/mol. The number of thioether (sulfide) groups is 2. The van der Waals surface area contributed by atoms with Gasteiger partial charge < -0.3 is 5.32 Å². The lowest BCUT2D eigenvalue weighted by atomic mass is 10.1. The SMILES string of the molecule is C[C@H]1Cc2nc(SCC(=O)NCCc3ccccc3)n(C)c(=O)c2S1. The Balaban J connectivity index is 1.53. The van der Waals surface area contributed by atoms with Crippen LogP contribution < -0.4 is 10.9 Å². The van der Waals surface area contributed by atoms with Crippen molar-refractivity contribution in [1.82, 2.24) is 14.9 Å². The van der Waals surface area contributed by atoms with Crippen molar-refractivity contribution in [2.75, 3.05) is 12.3 Å². The number of hydrogen-bond acceptors (Lipinski definition) is 5. The minimum atomic E-state index is -0.0431. The summed E-state index contributed by atoms with van der Waals surface area (Å²) < 4.78 is 1.55. The maximum atomic E-state index is 12.4. The lowest BCUT2D eigenvalue weighted by Crippen LogP contribution is -2.28. The summed E-state index contributed by atoms with van der Waals surface area (Å²) >= 11 is 2.90. The van der Waals surface area contributed by atoms with E-state index in [0.29, 0.717) is 17.0 Å². The van der Waals surface area contributed by atoms with Gasteiger partial charge in [-0.15, -0.1) is 11.8 Å². The lowest BCUT2D eigenvalue weighted by molar-refractivity contribution is -0.118. The summed E-state index contributed by atoms with van der Waals surface area (Å²) in [7, 11) is 1.72. The first-order valence-corrected chi connectivity index (χ1v) is 10.1. The quantitative estimate of drug-likeness (QED) is 0.620. The number of carbonyl (C=O) groups excluding carboxylic acids is 1. The van der Waals surface area contributed by atoms with Crippen LogP contribution >= 0.6 is 23.5 Å². The van der Waals surface area contributed by atoms with Crippen molar-refractivity contribution in [2.24, 2.45) is 7.05 Å². The smallest absolute Gasteiger partial charge is 0.267 e. The van der Waals surface area contributed by atoms with Gasteiger partial charge in [-0.05, 0) is 12.0 Å². The van der Waals surface area contributed by atoms with Crippen molar-refractivity contribution >= 4 is 29.4 Å². The van der Waals surface area contributed by atoms with E-state index in [0.717, 1.165) is 23.4 Å². The second-order valence-electron chi connectivity index (χ2n) is 6.04. The van der Waals surface area contributed by atoms with E-state index in [1.165, 1.54) is 17.3 Å². The molecule has 0 bridgehead atoms. The van der Waals surface area contributed by atoms with Crippen LogP contribution in [0, 0.1) is 0 Å². The molecule has 1 aliphatic heterocycles. The van der Waals surface area contributed by atoms with Crippen molar-refractivity contribution in [3.8, 4) is 0 Å². The average Bonchev–Trinajstić information content (AvgIpc) is 2.98. The van der Waals surface area contributed by atoms with Gasteiger partial charge in [-0.3, -0.25) is 14.2 Å². The van der Waals surface area contributed by atoms with Gasteiger partial charge in [0.25, 0.3) is 5.56 Å². The molecule has 0 fully saturated rings. The van der Waals surface area contributed by atoms with E-state index in [9.17, 15) is 9.59 Å². The van der Waals surface area contributed by atoms with Crippen LogP contribution in [0.3, 0.4) is 0 Å². The van der Waals surface area contributed by atoms with E-state index >= 15 is 0 Å². The fraction of sp³-hybridized carbons (Fsp3) is 0.389. The minimum Gasteiger partial charge on any atom is -0.355 e. The monoisotopic (exact) mass is 375 g/mol. The van der Waals surface area contributed by atoms with Crippen molar-refractivity contribution in [3.63, 3.8) is 0 Å². The van der Waals surface area contributed by atoms with Gasteiger partial charge in [0.1, 0.15) is 0 Å². The zero-order valence-corrected chi connectivity index (χ0v) is 16.0. The fourth-order valence-electron chi connectivity index (χ4n) is 2.68. The van der Waals surface area contributed by atoms with Gasteiger partial charge in [0, 0.05) is 25.3 Å². The molecule has 3 rings (SSSR count). The molecule has 5 nitrogen and oxygen atoms in total. The first-order chi connectivity index (χ1) is 12.0. The number of benzene rings is 1. The summed E-state index contributed by atoms with van der Waals surface area (Å²) in [5, 5.41) is 3.91. The standard InChI is InChI=1S/C18H21N3O2S2/c1-12-10-14-16(25-12)17(23)21(2)18(20-14)24-11-15(22)19-9-8-13-6-4-3-5-7-13/h3-7,12H,8-11H2,1-2H3,(H,19,22)/t12-/m0/s1. The minimum absolute atomic E-state index is 0.00802. The third kappa shape index (κ3) is 4.46. The Kier molecular flexibility index (Phi) is 5.86. The first-order valence-electron chi connectivity index (χ1n) is 8.24. The largest absolute Gasteiger partial charge is 0.355 e. The zero-order valence-electron chi connectivity index (χ0n) is 14.3.